The number of hydrogen-bond acceptors (Lipinski definition) is 4. The molecule has 0 spiro atoms. The van der Waals surface area contributed by atoms with E-state index in [4.69, 9.17) is 10.8 Å². The summed E-state index contributed by atoms with van der Waals surface area (Å²) in [7, 11) is 0. The zero-order valence-electron chi connectivity index (χ0n) is 6.76. The molecule has 0 aliphatic rings. The van der Waals surface area contributed by atoms with Crippen LogP contribution in [0.4, 0.5) is 0 Å². The number of hydrogen-bond donors (Lipinski definition) is 2. The molecule has 0 aromatic rings. The lowest BCUT2D eigenvalue weighted by molar-refractivity contribution is -0.133. The van der Waals surface area contributed by atoms with Gasteiger partial charge >= 0.3 is 0 Å². The Bertz CT molecular complexity index is 163. The van der Waals surface area contributed by atoms with Gasteiger partial charge in [-0.1, -0.05) is 0 Å². The standard InChI is InChI=1S/C7H13NO3/c1-5(10)7(8,3-4-9)6(2)11/h9H,3-4,8H2,1-2H3. The van der Waals surface area contributed by atoms with Gasteiger partial charge in [0.25, 0.3) is 0 Å². The minimum atomic E-state index is -1.48. The number of carbonyl (C=O) groups is 2. The molecule has 0 aliphatic heterocycles. The first-order chi connectivity index (χ1) is 4.95. The third-order valence-corrected chi connectivity index (χ3v) is 1.76. The summed E-state index contributed by atoms with van der Waals surface area (Å²) in [4.78, 5) is 21.7. The molecular formula is C7H13NO3. The van der Waals surface area contributed by atoms with Gasteiger partial charge in [0.2, 0.25) is 0 Å². The second kappa shape index (κ2) is 3.59. The van der Waals surface area contributed by atoms with Gasteiger partial charge in [0, 0.05) is 13.0 Å². The molecular weight excluding hydrogens is 146 g/mol. The van der Waals surface area contributed by atoms with E-state index >= 15 is 0 Å². The summed E-state index contributed by atoms with van der Waals surface area (Å²) in [6.45, 7) is 2.24. The molecule has 0 unspecified atom stereocenters. The van der Waals surface area contributed by atoms with Crippen LogP contribution in [0, 0.1) is 0 Å². The van der Waals surface area contributed by atoms with Gasteiger partial charge in [0.1, 0.15) is 5.54 Å². The molecule has 0 atom stereocenters. The van der Waals surface area contributed by atoms with Crippen molar-refractivity contribution >= 4 is 11.6 Å². The second-order valence-corrected chi connectivity index (χ2v) is 2.56. The highest BCUT2D eigenvalue weighted by Gasteiger charge is 2.34. The summed E-state index contributed by atoms with van der Waals surface area (Å²) >= 11 is 0. The van der Waals surface area contributed by atoms with Crippen LogP contribution in [0.2, 0.25) is 0 Å². The molecule has 4 heteroatoms. The van der Waals surface area contributed by atoms with Gasteiger partial charge < -0.3 is 10.8 Å². The number of carbonyl (C=O) groups excluding carboxylic acids is 2. The minimum absolute atomic E-state index is 0.00231. The Labute approximate surface area is 65.4 Å². The molecule has 11 heavy (non-hydrogen) atoms. The van der Waals surface area contributed by atoms with E-state index in [0.717, 1.165) is 0 Å². The number of nitrogens with two attached hydrogens (primary N) is 1. The molecule has 0 saturated heterocycles. The first kappa shape index (κ1) is 10.3. The van der Waals surface area contributed by atoms with Crippen molar-refractivity contribution in [3.05, 3.63) is 0 Å². The van der Waals surface area contributed by atoms with E-state index in [9.17, 15) is 9.59 Å². The molecule has 0 aromatic heterocycles. The van der Waals surface area contributed by atoms with E-state index in [1.165, 1.54) is 13.8 Å². The lowest BCUT2D eigenvalue weighted by Crippen LogP contribution is -2.53. The van der Waals surface area contributed by atoms with E-state index in [1.807, 2.05) is 0 Å². The van der Waals surface area contributed by atoms with E-state index < -0.39 is 17.1 Å². The van der Waals surface area contributed by atoms with Crippen molar-refractivity contribution in [1.82, 2.24) is 0 Å². The Kier molecular flexibility index (Phi) is 3.35. The fraction of sp³-hybridized carbons (Fsp3) is 0.714. The fourth-order valence-corrected chi connectivity index (χ4v) is 0.776. The zero-order valence-corrected chi connectivity index (χ0v) is 6.76. The Morgan fingerprint density at radius 1 is 1.36 bits per heavy atom. The molecule has 0 saturated carbocycles. The highest BCUT2D eigenvalue weighted by molar-refractivity contribution is 6.09. The quantitative estimate of drug-likeness (QED) is 0.528. The van der Waals surface area contributed by atoms with Gasteiger partial charge in [0.15, 0.2) is 11.6 Å². The third-order valence-electron chi connectivity index (χ3n) is 1.76. The summed E-state index contributed by atoms with van der Waals surface area (Å²) in [6.07, 6.45) is -0.00231. The average molecular weight is 159 g/mol. The van der Waals surface area contributed by atoms with Crippen LogP contribution in [-0.4, -0.2) is 28.8 Å². The smallest absolute Gasteiger partial charge is 0.157 e. The summed E-state index contributed by atoms with van der Waals surface area (Å²) in [5.41, 5.74) is 3.96. The molecule has 0 rings (SSSR count). The highest BCUT2D eigenvalue weighted by Crippen LogP contribution is 2.08. The average Bonchev–Trinajstić information content (AvgIpc) is 1.87. The maximum absolute atomic E-state index is 10.8. The SMILES string of the molecule is CC(=O)C(N)(CCO)C(C)=O. The topological polar surface area (TPSA) is 80.4 Å². The largest absolute Gasteiger partial charge is 0.396 e. The molecule has 0 aliphatic carbocycles. The van der Waals surface area contributed by atoms with Gasteiger partial charge in [-0.25, -0.2) is 0 Å². The van der Waals surface area contributed by atoms with Gasteiger partial charge in [-0.15, -0.1) is 0 Å². The summed E-state index contributed by atoms with van der Waals surface area (Å²) < 4.78 is 0. The van der Waals surface area contributed by atoms with E-state index in [0.29, 0.717) is 0 Å². The van der Waals surface area contributed by atoms with Gasteiger partial charge in [-0.05, 0) is 13.8 Å². The Balaban J connectivity index is 4.52. The number of ketones is 2. The minimum Gasteiger partial charge on any atom is -0.396 e. The van der Waals surface area contributed by atoms with Gasteiger partial charge in [-0.3, -0.25) is 9.59 Å². The monoisotopic (exact) mass is 159 g/mol. The van der Waals surface area contributed by atoms with Crippen LogP contribution in [0.5, 0.6) is 0 Å². The first-order valence-electron chi connectivity index (χ1n) is 3.37. The number of aliphatic hydroxyl groups is 1. The molecule has 0 bridgehead atoms. The van der Waals surface area contributed by atoms with Crippen molar-refractivity contribution in [2.75, 3.05) is 6.61 Å². The van der Waals surface area contributed by atoms with Crippen molar-refractivity contribution in [1.29, 1.82) is 0 Å². The van der Waals surface area contributed by atoms with Crippen LogP contribution in [0.1, 0.15) is 20.3 Å². The Hall–Kier alpha value is -0.740. The van der Waals surface area contributed by atoms with Gasteiger partial charge in [0.05, 0.1) is 0 Å². The van der Waals surface area contributed by atoms with Crippen LogP contribution in [0.3, 0.4) is 0 Å². The maximum Gasteiger partial charge on any atom is 0.157 e. The maximum atomic E-state index is 10.8. The van der Waals surface area contributed by atoms with Crippen molar-refractivity contribution in [2.45, 2.75) is 25.8 Å². The van der Waals surface area contributed by atoms with Crippen LogP contribution in [-0.2, 0) is 9.59 Å². The number of Topliss-reactive ketones (excluding diaryl/α,β-unsaturated/α-hetero) is 2. The number of rotatable bonds is 4. The summed E-state index contributed by atoms with van der Waals surface area (Å²) in [6, 6.07) is 0. The van der Waals surface area contributed by atoms with Crippen LogP contribution >= 0.6 is 0 Å². The zero-order chi connectivity index (χ0) is 9.07. The normalized spacial score (nSPS) is 11.3. The van der Waals surface area contributed by atoms with E-state index in [1.54, 1.807) is 0 Å². The number of aliphatic hydroxyl groups excluding tert-OH is 1. The lowest BCUT2D eigenvalue weighted by Gasteiger charge is -2.21. The van der Waals surface area contributed by atoms with Crippen molar-refractivity contribution < 1.29 is 14.7 Å². The molecule has 4 nitrogen and oxygen atoms in total. The molecule has 0 radical (unpaired) electrons. The second-order valence-electron chi connectivity index (χ2n) is 2.56. The van der Waals surface area contributed by atoms with Crippen molar-refractivity contribution in [2.24, 2.45) is 5.73 Å². The molecule has 0 fully saturated rings. The molecule has 0 aromatic carbocycles. The van der Waals surface area contributed by atoms with Crippen molar-refractivity contribution in [3.63, 3.8) is 0 Å². The summed E-state index contributed by atoms with van der Waals surface area (Å²) in [5, 5.41) is 8.52. The van der Waals surface area contributed by atoms with Gasteiger partial charge in [-0.2, -0.15) is 0 Å². The summed E-state index contributed by atoms with van der Waals surface area (Å²) in [5.74, 6) is -0.807. The Morgan fingerprint density at radius 2 is 1.73 bits per heavy atom. The molecule has 64 valence electrons. The molecule has 0 amide bonds. The third kappa shape index (κ3) is 2.10. The fourth-order valence-electron chi connectivity index (χ4n) is 0.776. The lowest BCUT2D eigenvalue weighted by atomic mass is 9.88. The van der Waals surface area contributed by atoms with Crippen LogP contribution < -0.4 is 5.73 Å². The first-order valence-corrected chi connectivity index (χ1v) is 3.37. The molecule has 3 N–H and O–H groups in total. The molecule has 0 heterocycles. The predicted octanol–water partition coefficient (Wildman–Crippen LogP) is -0.756. The highest BCUT2D eigenvalue weighted by atomic mass is 16.3. The van der Waals surface area contributed by atoms with E-state index in [-0.39, 0.29) is 13.0 Å². The Morgan fingerprint density at radius 3 is 1.82 bits per heavy atom. The van der Waals surface area contributed by atoms with Crippen LogP contribution in [0.25, 0.3) is 0 Å². The predicted molar refractivity (Wildman–Crippen MR) is 40.0 cm³/mol. The van der Waals surface area contributed by atoms with E-state index in [2.05, 4.69) is 0 Å². The van der Waals surface area contributed by atoms with Crippen molar-refractivity contribution in [3.8, 4) is 0 Å². The van der Waals surface area contributed by atoms with Crippen LogP contribution in [0.15, 0.2) is 0 Å².